The molecule has 0 heterocycles. The molecule has 0 saturated carbocycles. The van der Waals surface area contributed by atoms with Gasteiger partial charge >= 0.3 is 0 Å². The number of nitrogens with two attached hydrogens (primary N) is 2. The number of aliphatic hydroxyl groups is 1. The SMILES string of the molecule is NCCC(=O)Nc1ccc(C#CC#Cc2ccc(C(=O)N[C@@H](CN)C(=O)CO)cc2)cc1. The molecule has 2 aromatic carbocycles. The average Bonchev–Trinajstić information content (AvgIpc) is 2.81. The molecule has 0 aliphatic carbocycles. The number of amides is 2. The van der Waals surface area contributed by atoms with E-state index >= 15 is 0 Å². The molecule has 8 heteroatoms. The zero-order valence-corrected chi connectivity index (χ0v) is 17.4. The Morgan fingerprint density at radius 2 is 1.47 bits per heavy atom. The first kappa shape index (κ1) is 24.3. The lowest BCUT2D eigenvalue weighted by Crippen LogP contribution is -2.46. The van der Waals surface area contributed by atoms with E-state index in [9.17, 15) is 14.4 Å². The van der Waals surface area contributed by atoms with Crippen LogP contribution in [-0.4, -0.2) is 48.4 Å². The van der Waals surface area contributed by atoms with Gasteiger partial charge < -0.3 is 27.2 Å². The molecule has 0 unspecified atom stereocenters. The number of anilines is 1. The Kier molecular flexibility index (Phi) is 9.64. The molecule has 0 aliphatic heterocycles. The lowest BCUT2D eigenvalue weighted by Gasteiger charge is -2.14. The molecule has 0 bridgehead atoms. The van der Waals surface area contributed by atoms with Gasteiger partial charge in [-0.3, -0.25) is 14.4 Å². The maximum Gasteiger partial charge on any atom is 0.251 e. The highest BCUT2D eigenvalue weighted by Gasteiger charge is 2.18. The number of aliphatic hydroxyl groups excluding tert-OH is 1. The van der Waals surface area contributed by atoms with E-state index in [0.717, 1.165) is 5.56 Å². The van der Waals surface area contributed by atoms with Crippen molar-refractivity contribution in [3.05, 3.63) is 65.2 Å². The Morgan fingerprint density at radius 1 is 0.906 bits per heavy atom. The molecule has 0 fully saturated rings. The maximum absolute atomic E-state index is 12.2. The van der Waals surface area contributed by atoms with Crippen LogP contribution in [0.3, 0.4) is 0 Å². The van der Waals surface area contributed by atoms with Crippen molar-refractivity contribution in [2.24, 2.45) is 11.5 Å². The topological polar surface area (TPSA) is 148 Å². The molecule has 1 atom stereocenters. The van der Waals surface area contributed by atoms with Crippen LogP contribution in [0.25, 0.3) is 0 Å². The van der Waals surface area contributed by atoms with E-state index in [4.69, 9.17) is 16.6 Å². The van der Waals surface area contributed by atoms with E-state index in [0.29, 0.717) is 23.4 Å². The van der Waals surface area contributed by atoms with Crippen LogP contribution in [0.1, 0.15) is 27.9 Å². The first-order chi connectivity index (χ1) is 15.5. The molecular formula is C24H24N4O4. The number of hydrogen-bond donors (Lipinski definition) is 5. The molecule has 2 aromatic rings. The van der Waals surface area contributed by atoms with Crippen molar-refractivity contribution in [3.63, 3.8) is 0 Å². The smallest absolute Gasteiger partial charge is 0.251 e. The predicted octanol–water partition coefficient (Wildman–Crippen LogP) is -0.00440. The van der Waals surface area contributed by atoms with Gasteiger partial charge in [-0.2, -0.15) is 0 Å². The van der Waals surface area contributed by atoms with Crippen molar-refractivity contribution in [2.45, 2.75) is 12.5 Å². The number of rotatable bonds is 8. The molecule has 0 saturated heterocycles. The minimum absolute atomic E-state index is 0.0982. The third-order valence-electron chi connectivity index (χ3n) is 4.25. The van der Waals surface area contributed by atoms with Crippen molar-refractivity contribution in [3.8, 4) is 23.7 Å². The summed E-state index contributed by atoms with van der Waals surface area (Å²) in [5.74, 6) is 10.1. The second kappa shape index (κ2) is 12.7. The lowest BCUT2D eigenvalue weighted by atomic mass is 10.1. The average molecular weight is 432 g/mol. The Bertz CT molecular complexity index is 1070. The monoisotopic (exact) mass is 432 g/mol. The Morgan fingerprint density at radius 3 is 1.97 bits per heavy atom. The van der Waals surface area contributed by atoms with E-state index in [1.54, 1.807) is 48.5 Å². The number of nitrogens with one attached hydrogen (secondary N) is 2. The molecule has 8 nitrogen and oxygen atoms in total. The summed E-state index contributed by atoms with van der Waals surface area (Å²) in [5.41, 5.74) is 13.2. The summed E-state index contributed by atoms with van der Waals surface area (Å²) >= 11 is 0. The summed E-state index contributed by atoms with van der Waals surface area (Å²) in [7, 11) is 0. The van der Waals surface area contributed by atoms with Crippen LogP contribution in [0.5, 0.6) is 0 Å². The molecule has 0 spiro atoms. The summed E-state index contributed by atoms with van der Waals surface area (Å²) in [6.07, 6.45) is 0.264. The van der Waals surface area contributed by atoms with Crippen LogP contribution in [-0.2, 0) is 9.59 Å². The van der Waals surface area contributed by atoms with Gasteiger partial charge in [-0.25, -0.2) is 0 Å². The largest absolute Gasteiger partial charge is 0.388 e. The zero-order valence-electron chi connectivity index (χ0n) is 17.4. The van der Waals surface area contributed by atoms with Gasteiger partial charge in [-0.05, 0) is 60.4 Å². The molecule has 2 amide bonds. The highest BCUT2D eigenvalue weighted by Crippen LogP contribution is 2.09. The van der Waals surface area contributed by atoms with Gasteiger partial charge in [0.15, 0.2) is 5.78 Å². The van der Waals surface area contributed by atoms with Crippen LogP contribution >= 0.6 is 0 Å². The highest BCUT2D eigenvalue weighted by atomic mass is 16.3. The summed E-state index contributed by atoms with van der Waals surface area (Å²) in [6.45, 7) is -0.489. The van der Waals surface area contributed by atoms with Gasteiger partial charge in [0.2, 0.25) is 5.91 Å². The summed E-state index contributed by atoms with van der Waals surface area (Å²) < 4.78 is 0. The summed E-state index contributed by atoms with van der Waals surface area (Å²) in [6, 6.07) is 12.6. The number of hydrogen-bond acceptors (Lipinski definition) is 6. The van der Waals surface area contributed by atoms with Gasteiger partial charge in [0.05, 0.1) is 0 Å². The van der Waals surface area contributed by atoms with Crippen molar-refractivity contribution >= 4 is 23.3 Å². The quantitative estimate of drug-likeness (QED) is 0.371. The molecule has 0 aromatic heterocycles. The third kappa shape index (κ3) is 7.71. The second-order valence-corrected chi connectivity index (χ2v) is 6.63. The maximum atomic E-state index is 12.2. The molecule has 164 valence electrons. The summed E-state index contributed by atoms with van der Waals surface area (Å²) in [4.78, 5) is 35.2. The van der Waals surface area contributed by atoms with Crippen molar-refractivity contribution < 1.29 is 19.5 Å². The summed E-state index contributed by atoms with van der Waals surface area (Å²) in [5, 5.41) is 14.1. The van der Waals surface area contributed by atoms with E-state index in [1.165, 1.54) is 0 Å². The van der Waals surface area contributed by atoms with Gasteiger partial charge in [0, 0.05) is 41.9 Å². The number of benzene rings is 2. The van der Waals surface area contributed by atoms with E-state index in [2.05, 4.69) is 34.3 Å². The first-order valence-electron chi connectivity index (χ1n) is 9.83. The Hall–Kier alpha value is -3.95. The molecule has 0 aliphatic rings. The number of carbonyl (C=O) groups is 3. The minimum Gasteiger partial charge on any atom is -0.388 e. The van der Waals surface area contributed by atoms with Crippen molar-refractivity contribution in [2.75, 3.05) is 25.0 Å². The van der Waals surface area contributed by atoms with E-state index in [-0.39, 0.29) is 18.9 Å². The molecular weight excluding hydrogens is 408 g/mol. The van der Waals surface area contributed by atoms with E-state index in [1.807, 2.05) is 0 Å². The van der Waals surface area contributed by atoms with Gasteiger partial charge in [-0.15, -0.1) is 0 Å². The molecule has 32 heavy (non-hydrogen) atoms. The predicted molar refractivity (Wildman–Crippen MR) is 121 cm³/mol. The second-order valence-electron chi connectivity index (χ2n) is 6.63. The fourth-order valence-electron chi connectivity index (χ4n) is 2.53. The van der Waals surface area contributed by atoms with Gasteiger partial charge in [0.1, 0.15) is 12.6 Å². The molecule has 2 rings (SSSR count). The van der Waals surface area contributed by atoms with E-state index < -0.39 is 24.3 Å². The third-order valence-corrected chi connectivity index (χ3v) is 4.25. The number of carbonyl (C=O) groups excluding carboxylic acids is 3. The molecule has 7 N–H and O–H groups in total. The van der Waals surface area contributed by atoms with Crippen LogP contribution in [0.2, 0.25) is 0 Å². The fourth-order valence-corrected chi connectivity index (χ4v) is 2.53. The van der Waals surface area contributed by atoms with Crippen molar-refractivity contribution in [1.29, 1.82) is 0 Å². The van der Waals surface area contributed by atoms with Crippen molar-refractivity contribution in [1.82, 2.24) is 5.32 Å². The minimum atomic E-state index is -0.932. The Labute approximate surface area is 186 Å². The highest BCUT2D eigenvalue weighted by molar-refractivity contribution is 5.98. The van der Waals surface area contributed by atoms with Crippen LogP contribution in [0, 0.1) is 23.7 Å². The van der Waals surface area contributed by atoms with Crippen LogP contribution < -0.4 is 22.1 Å². The number of Topliss-reactive ketones (excluding diaryl/α,β-unsaturated/α-hetero) is 1. The number of ketones is 1. The fraction of sp³-hybridized carbons (Fsp3) is 0.208. The van der Waals surface area contributed by atoms with Crippen LogP contribution in [0.15, 0.2) is 48.5 Å². The zero-order chi connectivity index (χ0) is 23.3. The normalized spacial score (nSPS) is 10.6. The first-order valence-corrected chi connectivity index (χ1v) is 9.83. The standard InChI is InChI=1S/C24H24N4O4/c25-14-13-23(31)27-20-11-7-18(8-12-20)4-2-1-3-17-5-9-19(10-6-17)24(32)28-21(15-26)22(30)16-29/h5-12,21,29H,13-16,25-26H2,(H,27,31)(H,28,32)/t21-/m0/s1. The van der Waals surface area contributed by atoms with Crippen LogP contribution in [0.4, 0.5) is 5.69 Å². The molecule has 0 radical (unpaired) electrons. The Balaban J connectivity index is 1.95. The lowest BCUT2D eigenvalue weighted by molar-refractivity contribution is -0.123. The van der Waals surface area contributed by atoms with Gasteiger partial charge in [0.25, 0.3) is 5.91 Å². The van der Waals surface area contributed by atoms with Gasteiger partial charge in [-0.1, -0.05) is 11.8 Å².